The molecule has 1 aromatic heterocycles. The van der Waals surface area contributed by atoms with Gasteiger partial charge in [-0.2, -0.15) is 0 Å². The lowest BCUT2D eigenvalue weighted by atomic mass is 9.87. The van der Waals surface area contributed by atoms with Gasteiger partial charge in [-0.05, 0) is 38.1 Å². The van der Waals surface area contributed by atoms with E-state index >= 15 is 0 Å². The molecule has 16 heavy (non-hydrogen) atoms. The first-order chi connectivity index (χ1) is 7.79. The minimum absolute atomic E-state index is 0.572. The lowest BCUT2D eigenvalue weighted by Gasteiger charge is -2.26. The van der Waals surface area contributed by atoms with Crippen LogP contribution in [0.2, 0.25) is 0 Å². The topological polar surface area (TPSA) is 56.7 Å². The van der Waals surface area contributed by atoms with E-state index in [0.717, 1.165) is 31.0 Å². The second-order valence-corrected chi connectivity index (χ2v) is 5.01. The molecule has 4 nitrogen and oxygen atoms in total. The number of hydrogen-bond acceptors (Lipinski definition) is 3. The molecule has 1 heterocycles. The van der Waals surface area contributed by atoms with E-state index < -0.39 is 0 Å². The fraction of sp³-hybridized carbons (Fsp3) is 0.833. The van der Waals surface area contributed by atoms with Crippen LogP contribution in [0.25, 0.3) is 0 Å². The molecule has 2 N–H and O–H groups in total. The maximum Gasteiger partial charge on any atom is 0.0827 e. The Kier molecular flexibility index (Phi) is 3.93. The van der Waals surface area contributed by atoms with Crippen LogP contribution in [-0.4, -0.2) is 21.5 Å². The van der Waals surface area contributed by atoms with E-state index in [1.54, 1.807) is 0 Å². The highest BCUT2D eigenvalue weighted by atomic mass is 15.4. The zero-order valence-electron chi connectivity index (χ0n) is 10.1. The molecule has 1 aromatic rings. The van der Waals surface area contributed by atoms with Crippen LogP contribution >= 0.6 is 0 Å². The van der Waals surface area contributed by atoms with E-state index in [1.807, 2.05) is 0 Å². The fourth-order valence-corrected chi connectivity index (χ4v) is 2.53. The van der Waals surface area contributed by atoms with Crippen molar-refractivity contribution in [2.24, 2.45) is 11.7 Å². The molecule has 0 saturated heterocycles. The van der Waals surface area contributed by atoms with Gasteiger partial charge in [-0.1, -0.05) is 25.0 Å². The summed E-state index contributed by atoms with van der Waals surface area (Å²) in [5.41, 5.74) is 6.58. The Morgan fingerprint density at radius 3 is 3.12 bits per heavy atom. The number of nitrogens with two attached hydrogens (primary N) is 1. The lowest BCUT2D eigenvalue weighted by molar-refractivity contribution is 0.263. The third-order valence-electron chi connectivity index (χ3n) is 3.48. The fourth-order valence-electron chi connectivity index (χ4n) is 2.53. The molecular formula is C12H22N4. The van der Waals surface area contributed by atoms with Crippen molar-refractivity contribution in [3.63, 3.8) is 0 Å². The van der Waals surface area contributed by atoms with Crippen LogP contribution in [-0.2, 0) is 6.42 Å². The van der Waals surface area contributed by atoms with Crippen molar-refractivity contribution < 1.29 is 0 Å². The Morgan fingerprint density at radius 2 is 2.38 bits per heavy atom. The molecule has 2 atom stereocenters. The Labute approximate surface area is 97.2 Å². The summed E-state index contributed by atoms with van der Waals surface area (Å²) in [6, 6.07) is 0.572. The summed E-state index contributed by atoms with van der Waals surface area (Å²) in [7, 11) is 0. The van der Waals surface area contributed by atoms with Crippen molar-refractivity contribution in [3.8, 4) is 0 Å². The van der Waals surface area contributed by atoms with Gasteiger partial charge in [0.15, 0.2) is 0 Å². The molecule has 90 valence electrons. The molecule has 1 saturated carbocycles. The maximum absolute atomic E-state index is 5.49. The quantitative estimate of drug-likeness (QED) is 0.846. The second kappa shape index (κ2) is 5.43. The Hall–Kier alpha value is -0.900. The lowest BCUT2D eigenvalue weighted by Crippen LogP contribution is -2.18. The van der Waals surface area contributed by atoms with Gasteiger partial charge in [0.2, 0.25) is 0 Å². The van der Waals surface area contributed by atoms with Gasteiger partial charge >= 0.3 is 0 Å². The van der Waals surface area contributed by atoms with Crippen molar-refractivity contribution in [3.05, 3.63) is 11.9 Å². The first kappa shape index (κ1) is 11.6. The third kappa shape index (κ3) is 2.82. The normalized spacial score (nSPS) is 25.9. The highest BCUT2D eigenvalue weighted by Gasteiger charge is 2.21. The zero-order chi connectivity index (χ0) is 11.4. The number of rotatable bonds is 4. The number of aryl methyl sites for hydroxylation is 1. The minimum Gasteiger partial charge on any atom is -0.330 e. The minimum atomic E-state index is 0.572. The van der Waals surface area contributed by atoms with E-state index in [1.165, 1.54) is 25.7 Å². The third-order valence-corrected chi connectivity index (χ3v) is 3.48. The molecule has 0 amide bonds. The Morgan fingerprint density at radius 1 is 1.50 bits per heavy atom. The van der Waals surface area contributed by atoms with E-state index in [0.29, 0.717) is 6.04 Å². The van der Waals surface area contributed by atoms with Crippen molar-refractivity contribution in [1.82, 2.24) is 15.0 Å². The van der Waals surface area contributed by atoms with E-state index in [9.17, 15) is 0 Å². The SMILES string of the molecule is CC1CCCC(n2cc(CCCN)nn2)C1. The van der Waals surface area contributed by atoms with Gasteiger partial charge < -0.3 is 5.73 Å². The molecule has 0 spiro atoms. The van der Waals surface area contributed by atoms with E-state index in [-0.39, 0.29) is 0 Å². The summed E-state index contributed by atoms with van der Waals surface area (Å²) >= 11 is 0. The van der Waals surface area contributed by atoms with Crippen LogP contribution in [0.15, 0.2) is 6.20 Å². The van der Waals surface area contributed by atoms with Crippen molar-refractivity contribution in [2.45, 2.75) is 51.5 Å². The van der Waals surface area contributed by atoms with Crippen LogP contribution in [0.3, 0.4) is 0 Å². The molecule has 2 unspecified atom stereocenters. The van der Waals surface area contributed by atoms with Gasteiger partial charge in [0.25, 0.3) is 0 Å². The highest BCUT2D eigenvalue weighted by Crippen LogP contribution is 2.31. The first-order valence-corrected chi connectivity index (χ1v) is 6.40. The Balaban J connectivity index is 1.95. The smallest absolute Gasteiger partial charge is 0.0827 e. The Bertz CT molecular complexity index is 321. The van der Waals surface area contributed by atoms with Crippen LogP contribution in [0.5, 0.6) is 0 Å². The van der Waals surface area contributed by atoms with Gasteiger partial charge in [0, 0.05) is 6.20 Å². The van der Waals surface area contributed by atoms with Gasteiger partial charge in [-0.25, -0.2) is 4.68 Å². The van der Waals surface area contributed by atoms with Crippen molar-refractivity contribution in [1.29, 1.82) is 0 Å². The highest BCUT2D eigenvalue weighted by molar-refractivity contribution is 4.94. The molecular weight excluding hydrogens is 200 g/mol. The first-order valence-electron chi connectivity index (χ1n) is 6.40. The summed E-state index contributed by atoms with van der Waals surface area (Å²) in [5.74, 6) is 0.829. The molecule has 0 aromatic carbocycles. The number of hydrogen-bond donors (Lipinski definition) is 1. The summed E-state index contributed by atoms with van der Waals surface area (Å²) in [5, 5.41) is 8.46. The molecule has 0 bridgehead atoms. The van der Waals surface area contributed by atoms with Crippen LogP contribution in [0, 0.1) is 5.92 Å². The summed E-state index contributed by atoms with van der Waals surface area (Å²) in [4.78, 5) is 0. The number of aromatic nitrogens is 3. The summed E-state index contributed by atoms with van der Waals surface area (Å²) in [6.45, 7) is 3.06. The van der Waals surface area contributed by atoms with E-state index in [4.69, 9.17) is 5.73 Å². The standard InChI is InChI=1S/C12H22N4/c1-10-4-2-6-12(8-10)16-9-11(14-15-16)5-3-7-13/h9-10,12H,2-8,13H2,1H3. The van der Waals surface area contributed by atoms with Crippen LogP contribution < -0.4 is 5.73 Å². The van der Waals surface area contributed by atoms with Crippen molar-refractivity contribution >= 4 is 0 Å². The molecule has 1 aliphatic carbocycles. The summed E-state index contributed by atoms with van der Waals surface area (Å²) < 4.78 is 2.07. The summed E-state index contributed by atoms with van der Waals surface area (Å²) in [6.07, 6.45) is 9.26. The van der Waals surface area contributed by atoms with Crippen molar-refractivity contribution in [2.75, 3.05) is 6.54 Å². The second-order valence-electron chi connectivity index (χ2n) is 5.01. The maximum atomic E-state index is 5.49. The average Bonchev–Trinajstić information content (AvgIpc) is 2.75. The zero-order valence-corrected chi connectivity index (χ0v) is 10.1. The predicted molar refractivity (Wildman–Crippen MR) is 64.1 cm³/mol. The molecule has 0 radical (unpaired) electrons. The molecule has 4 heteroatoms. The van der Waals surface area contributed by atoms with Crippen LogP contribution in [0.4, 0.5) is 0 Å². The predicted octanol–water partition coefficient (Wildman–Crippen LogP) is 1.92. The largest absolute Gasteiger partial charge is 0.330 e. The number of nitrogens with zero attached hydrogens (tertiary/aromatic N) is 3. The molecule has 1 aliphatic rings. The molecule has 0 aliphatic heterocycles. The molecule has 1 fully saturated rings. The molecule has 2 rings (SSSR count). The average molecular weight is 222 g/mol. The van der Waals surface area contributed by atoms with Gasteiger partial charge in [0.05, 0.1) is 11.7 Å². The van der Waals surface area contributed by atoms with E-state index in [2.05, 4.69) is 28.1 Å². The monoisotopic (exact) mass is 222 g/mol. The van der Waals surface area contributed by atoms with Gasteiger partial charge in [-0.3, -0.25) is 0 Å². The van der Waals surface area contributed by atoms with Gasteiger partial charge in [0.1, 0.15) is 0 Å². The van der Waals surface area contributed by atoms with Gasteiger partial charge in [-0.15, -0.1) is 5.10 Å². The van der Waals surface area contributed by atoms with Crippen LogP contribution in [0.1, 0.15) is 50.8 Å².